The van der Waals surface area contributed by atoms with E-state index in [1.807, 2.05) is 19.2 Å². The first-order valence-electron chi connectivity index (χ1n) is 5.68. The van der Waals surface area contributed by atoms with Crippen molar-refractivity contribution in [3.8, 4) is 0 Å². The van der Waals surface area contributed by atoms with Crippen molar-refractivity contribution < 1.29 is 0 Å². The highest BCUT2D eigenvalue weighted by Gasteiger charge is 2.02. The Morgan fingerprint density at radius 2 is 1.65 bits per heavy atom. The first-order chi connectivity index (χ1) is 8.33. The molecule has 17 heavy (non-hydrogen) atoms. The molecule has 0 aliphatic rings. The Bertz CT molecular complexity index is 479. The summed E-state index contributed by atoms with van der Waals surface area (Å²) in [6.07, 6.45) is 4.38. The fourth-order valence-electron chi connectivity index (χ4n) is 1.57. The van der Waals surface area contributed by atoms with Gasteiger partial charge in [-0.25, -0.2) is 9.97 Å². The van der Waals surface area contributed by atoms with Crippen molar-refractivity contribution >= 4 is 17.3 Å². The Kier molecular flexibility index (Phi) is 3.55. The molecule has 0 amide bonds. The molecule has 88 valence electrons. The van der Waals surface area contributed by atoms with Gasteiger partial charge < -0.3 is 10.6 Å². The van der Waals surface area contributed by atoms with E-state index in [-0.39, 0.29) is 0 Å². The van der Waals surface area contributed by atoms with E-state index in [2.05, 4.69) is 39.7 Å². The molecule has 2 rings (SSSR count). The van der Waals surface area contributed by atoms with E-state index in [9.17, 15) is 0 Å². The predicted octanol–water partition coefficient (Wildman–Crippen LogP) is 2.82. The summed E-state index contributed by atoms with van der Waals surface area (Å²) in [4.78, 5) is 8.44. The van der Waals surface area contributed by atoms with Gasteiger partial charge in [0.15, 0.2) is 11.6 Å². The smallest absolute Gasteiger partial charge is 0.173 e. The fourth-order valence-corrected chi connectivity index (χ4v) is 1.57. The van der Waals surface area contributed by atoms with Gasteiger partial charge >= 0.3 is 0 Å². The third-order valence-electron chi connectivity index (χ3n) is 2.56. The van der Waals surface area contributed by atoms with E-state index in [4.69, 9.17) is 0 Å². The van der Waals surface area contributed by atoms with Crippen LogP contribution >= 0.6 is 0 Å². The van der Waals surface area contributed by atoms with Crippen molar-refractivity contribution in [2.45, 2.75) is 13.3 Å². The van der Waals surface area contributed by atoms with E-state index in [0.29, 0.717) is 0 Å². The van der Waals surface area contributed by atoms with Crippen LogP contribution in [-0.4, -0.2) is 17.0 Å². The van der Waals surface area contributed by atoms with Crippen LogP contribution in [0.3, 0.4) is 0 Å². The molecule has 1 aromatic heterocycles. The number of nitrogens with one attached hydrogen (secondary N) is 2. The molecular weight excluding hydrogens is 212 g/mol. The number of hydrogen-bond acceptors (Lipinski definition) is 4. The number of aromatic nitrogens is 2. The lowest BCUT2D eigenvalue weighted by molar-refractivity contribution is 1.14. The molecule has 2 aromatic rings. The van der Waals surface area contributed by atoms with Crippen LogP contribution < -0.4 is 10.6 Å². The van der Waals surface area contributed by atoms with E-state index in [0.717, 1.165) is 23.7 Å². The predicted molar refractivity (Wildman–Crippen MR) is 70.7 cm³/mol. The lowest BCUT2D eigenvalue weighted by Gasteiger charge is -2.09. The van der Waals surface area contributed by atoms with Crippen molar-refractivity contribution in [2.75, 3.05) is 17.7 Å². The minimum atomic E-state index is 0.735. The zero-order valence-corrected chi connectivity index (χ0v) is 10.1. The van der Waals surface area contributed by atoms with Gasteiger partial charge in [-0.2, -0.15) is 0 Å². The van der Waals surface area contributed by atoms with Gasteiger partial charge in [0.05, 0.1) is 0 Å². The lowest BCUT2D eigenvalue weighted by atomic mass is 10.1. The number of nitrogens with zero attached hydrogens (tertiary/aromatic N) is 2. The van der Waals surface area contributed by atoms with Crippen LogP contribution in [0.4, 0.5) is 17.3 Å². The minimum absolute atomic E-state index is 0.735. The normalized spacial score (nSPS) is 10.0. The molecular formula is C13H16N4. The fraction of sp³-hybridized carbons (Fsp3) is 0.231. The van der Waals surface area contributed by atoms with Crippen LogP contribution in [0.1, 0.15) is 12.5 Å². The topological polar surface area (TPSA) is 49.8 Å². The standard InChI is InChI=1S/C13H16N4/c1-3-10-4-6-11(7-5-10)17-13-12(14-2)15-8-9-16-13/h4-9H,3H2,1-2H3,(H,14,15)(H,16,17). The van der Waals surface area contributed by atoms with Crippen LogP contribution in [0.15, 0.2) is 36.7 Å². The van der Waals surface area contributed by atoms with Crippen molar-refractivity contribution in [3.05, 3.63) is 42.2 Å². The van der Waals surface area contributed by atoms with Crippen LogP contribution in [0.2, 0.25) is 0 Å². The number of hydrogen-bond donors (Lipinski definition) is 2. The van der Waals surface area contributed by atoms with Gasteiger partial charge in [-0.3, -0.25) is 0 Å². The van der Waals surface area contributed by atoms with Crippen LogP contribution in [0.5, 0.6) is 0 Å². The summed E-state index contributed by atoms with van der Waals surface area (Å²) in [7, 11) is 1.83. The average Bonchev–Trinajstić information content (AvgIpc) is 2.40. The molecule has 0 bridgehead atoms. The highest BCUT2D eigenvalue weighted by atomic mass is 15.1. The lowest BCUT2D eigenvalue weighted by Crippen LogP contribution is -2.01. The van der Waals surface area contributed by atoms with Crippen LogP contribution in [-0.2, 0) is 6.42 Å². The van der Waals surface area contributed by atoms with Gasteiger partial charge in [-0.15, -0.1) is 0 Å². The zero-order chi connectivity index (χ0) is 12.1. The second-order valence-corrected chi connectivity index (χ2v) is 3.68. The largest absolute Gasteiger partial charge is 0.370 e. The first-order valence-corrected chi connectivity index (χ1v) is 5.68. The highest BCUT2D eigenvalue weighted by molar-refractivity contribution is 5.66. The molecule has 0 fully saturated rings. The summed E-state index contributed by atoms with van der Waals surface area (Å²) < 4.78 is 0. The molecule has 0 spiro atoms. The van der Waals surface area contributed by atoms with Gasteiger partial charge in [-0.05, 0) is 24.1 Å². The third kappa shape index (κ3) is 2.72. The summed E-state index contributed by atoms with van der Waals surface area (Å²) in [6.45, 7) is 2.14. The maximum Gasteiger partial charge on any atom is 0.173 e. The Hall–Kier alpha value is -2.10. The molecule has 0 aliphatic carbocycles. The molecule has 0 unspecified atom stereocenters. The van der Waals surface area contributed by atoms with Crippen molar-refractivity contribution in [2.24, 2.45) is 0 Å². The number of benzene rings is 1. The molecule has 4 heteroatoms. The highest BCUT2D eigenvalue weighted by Crippen LogP contribution is 2.20. The maximum atomic E-state index is 4.25. The molecule has 0 aliphatic heterocycles. The molecule has 0 atom stereocenters. The molecule has 2 N–H and O–H groups in total. The molecule has 4 nitrogen and oxygen atoms in total. The quantitative estimate of drug-likeness (QED) is 0.844. The Balaban J connectivity index is 2.19. The second kappa shape index (κ2) is 5.30. The number of aryl methyl sites for hydroxylation is 1. The van der Waals surface area contributed by atoms with E-state index in [1.54, 1.807) is 12.4 Å². The minimum Gasteiger partial charge on any atom is -0.370 e. The SMILES string of the molecule is CCc1ccc(Nc2nccnc2NC)cc1. The van der Waals surface area contributed by atoms with Gasteiger partial charge in [0.1, 0.15) is 0 Å². The van der Waals surface area contributed by atoms with Crippen molar-refractivity contribution in [3.63, 3.8) is 0 Å². The van der Waals surface area contributed by atoms with Crippen LogP contribution in [0, 0.1) is 0 Å². The van der Waals surface area contributed by atoms with E-state index >= 15 is 0 Å². The average molecular weight is 228 g/mol. The number of rotatable bonds is 4. The summed E-state index contributed by atoms with van der Waals surface area (Å²) in [6, 6.07) is 8.31. The van der Waals surface area contributed by atoms with E-state index in [1.165, 1.54) is 5.56 Å². The number of anilines is 3. The van der Waals surface area contributed by atoms with Crippen molar-refractivity contribution in [1.82, 2.24) is 9.97 Å². The third-order valence-corrected chi connectivity index (χ3v) is 2.56. The van der Waals surface area contributed by atoms with Gasteiger partial charge in [0, 0.05) is 25.1 Å². The van der Waals surface area contributed by atoms with Gasteiger partial charge in [0.25, 0.3) is 0 Å². The molecule has 1 heterocycles. The summed E-state index contributed by atoms with van der Waals surface area (Å²) in [5.74, 6) is 1.48. The molecule has 1 aromatic carbocycles. The zero-order valence-electron chi connectivity index (χ0n) is 10.1. The van der Waals surface area contributed by atoms with Crippen molar-refractivity contribution in [1.29, 1.82) is 0 Å². The molecule has 0 saturated carbocycles. The van der Waals surface area contributed by atoms with Gasteiger partial charge in [0.2, 0.25) is 0 Å². The molecule has 0 radical (unpaired) electrons. The van der Waals surface area contributed by atoms with Crippen LogP contribution in [0.25, 0.3) is 0 Å². The summed E-state index contributed by atoms with van der Waals surface area (Å²) >= 11 is 0. The summed E-state index contributed by atoms with van der Waals surface area (Å²) in [5, 5.41) is 6.24. The Morgan fingerprint density at radius 3 is 2.24 bits per heavy atom. The summed E-state index contributed by atoms with van der Waals surface area (Å²) in [5.41, 5.74) is 2.34. The second-order valence-electron chi connectivity index (χ2n) is 3.68. The van der Waals surface area contributed by atoms with Gasteiger partial charge in [-0.1, -0.05) is 19.1 Å². The Morgan fingerprint density at radius 1 is 1.00 bits per heavy atom. The monoisotopic (exact) mass is 228 g/mol. The van der Waals surface area contributed by atoms with E-state index < -0.39 is 0 Å². The Labute approximate surface area is 101 Å². The maximum absolute atomic E-state index is 4.25. The first kappa shape index (κ1) is 11.4. The molecule has 0 saturated heterocycles.